The van der Waals surface area contributed by atoms with Crippen LogP contribution in [0.25, 0.3) is 11.0 Å². The topological polar surface area (TPSA) is 117 Å². The van der Waals surface area contributed by atoms with Gasteiger partial charge in [0.15, 0.2) is 0 Å². The predicted molar refractivity (Wildman–Crippen MR) is 115 cm³/mol. The lowest BCUT2D eigenvalue weighted by atomic mass is 9.99. The molecule has 0 amide bonds. The number of aliphatic hydroxyl groups is 1. The van der Waals surface area contributed by atoms with Crippen molar-refractivity contribution >= 4 is 27.0 Å². The molecule has 164 valence electrons. The number of pyridine rings is 1. The number of nitrogens with zero attached hydrogens (tertiary/aromatic N) is 4. The van der Waals surface area contributed by atoms with Gasteiger partial charge in [-0.25, -0.2) is 17.7 Å². The molecule has 10 heteroatoms. The highest BCUT2D eigenvalue weighted by molar-refractivity contribution is 7.88. The molecule has 0 bridgehead atoms. The minimum absolute atomic E-state index is 0.0115. The fourth-order valence-electron chi connectivity index (χ4n) is 4.00. The van der Waals surface area contributed by atoms with E-state index < -0.39 is 71.5 Å². The lowest BCUT2D eigenvalue weighted by Gasteiger charge is -2.31. The molecule has 2 unspecified atom stereocenters. The molecule has 2 aliphatic rings. The Morgan fingerprint density at radius 3 is 2.73 bits per heavy atom. The highest BCUT2D eigenvalue weighted by atomic mass is 32.2. The summed E-state index contributed by atoms with van der Waals surface area (Å²) >= 11 is 0. The van der Waals surface area contributed by atoms with Crippen molar-refractivity contribution in [3.8, 4) is 0 Å². The quantitative estimate of drug-likeness (QED) is 0.735. The van der Waals surface area contributed by atoms with Crippen LogP contribution in [0.1, 0.15) is 60.1 Å². The van der Waals surface area contributed by atoms with Gasteiger partial charge in [0.2, 0.25) is 16.0 Å². The maximum absolute atomic E-state index is 13.4. The molecule has 0 radical (unpaired) electrons. The molecule has 3 heterocycles. The van der Waals surface area contributed by atoms with Crippen LogP contribution in [0, 0.1) is 6.85 Å². The summed E-state index contributed by atoms with van der Waals surface area (Å²) in [6, 6.07) is -1.16. The summed E-state index contributed by atoms with van der Waals surface area (Å²) in [4.78, 5) is 21.8. The van der Waals surface area contributed by atoms with E-state index in [0.29, 0.717) is 19.3 Å². The summed E-state index contributed by atoms with van der Waals surface area (Å²) in [6.07, 6.45) is -1.21. The Hall–Kier alpha value is -2.04. The minimum atomic E-state index is -3.85. The van der Waals surface area contributed by atoms with Gasteiger partial charge in [-0.3, -0.25) is 9.36 Å². The van der Waals surface area contributed by atoms with Gasteiger partial charge in [-0.15, -0.1) is 0 Å². The van der Waals surface area contributed by atoms with E-state index in [1.54, 1.807) is 6.92 Å². The number of sulfonamides is 1. The Bertz CT molecular complexity index is 1380. The third-order valence-corrected chi connectivity index (χ3v) is 6.85. The minimum Gasteiger partial charge on any atom is -0.388 e. The summed E-state index contributed by atoms with van der Waals surface area (Å²) in [5.41, 5.74) is -2.59. The summed E-state index contributed by atoms with van der Waals surface area (Å²) < 4.78 is 82.7. The SMILES string of the molecule is [2H]C([2H])([2H])c1cc2cnc(NC3C([2H])([2H])CN(S(C)(=O)=O)CC3([2H])[2H])nc2n(C2CCCC2(C)O)c1=O. The van der Waals surface area contributed by atoms with E-state index in [0.717, 1.165) is 21.2 Å². The Morgan fingerprint density at radius 1 is 1.40 bits per heavy atom. The molecule has 2 atom stereocenters. The Labute approximate surface area is 186 Å². The van der Waals surface area contributed by atoms with E-state index in [9.17, 15) is 18.3 Å². The molecular weight excluding hydrogens is 406 g/mol. The van der Waals surface area contributed by atoms with E-state index in [-0.39, 0.29) is 17.0 Å². The van der Waals surface area contributed by atoms with Crippen LogP contribution in [0.3, 0.4) is 0 Å². The number of hydrogen-bond acceptors (Lipinski definition) is 7. The number of aryl methyl sites for hydroxylation is 1. The zero-order chi connectivity index (χ0) is 27.8. The van der Waals surface area contributed by atoms with Gasteiger partial charge in [-0.1, -0.05) is 0 Å². The Morgan fingerprint density at radius 2 is 2.13 bits per heavy atom. The molecule has 2 aromatic heterocycles. The van der Waals surface area contributed by atoms with Gasteiger partial charge in [-0.2, -0.15) is 4.98 Å². The molecule has 1 saturated carbocycles. The third-order valence-electron chi connectivity index (χ3n) is 5.65. The average Bonchev–Trinajstić information content (AvgIpc) is 3.06. The molecule has 4 rings (SSSR count). The smallest absolute Gasteiger partial charge is 0.255 e. The van der Waals surface area contributed by atoms with Crippen LogP contribution in [0.5, 0.6) is 0 Å². The molecule has 0 spiro atoms. The monoisotopic (exact) mass is 442 g/mol. The number of aromatic nitrogens is 3. The number of anilines is 1. The fourth-order valence-corrected chi connectivity index (χ4v) is 4.61. The van der Waals surface area contributed by atoms with E-state index in [2.05, 4.69) is 15.3 Å². The first kappa shape index (κ1) is 14.1. The fraction of sp³-hybridized carbons (Fsp3) is 0.650. The van der Waals surface area contributed by atoms with Crippen LogP contribution in [0.2, 0.25) is 0 Å². The van der Waals surface area contributed by atoms with Gasteiger partial charge in [0, 0.05) is 45.9 Å². The van der Waals surface area contributed by atoms with Crippen molar-refractivity contribution in [1.29, 1.82) is 0 Å². The maximum Gasteiger partial charge on any atom is 0.255 e. The molecule has 0 aromatic carbocycles. The van der Waals surface area contributed by atoms with Crippen molar-refractivity contribution in [2.75, 3.05) is 24.7 Å². The van der Waals surface area contributed by atoms with E-state index in [4.69, 9.17) is 9.60 Å². The summed E-state index contributed by atoms with van der Waals surface area (Å²) in [7, 11) is -3.85. The number of hydrogen-bond donors (Lipinski definition) is 2. The van der Waals surface area contributed by atoms with Crippen LogP contribution >= 0.6 is 0 Å². The van der Waals surface area contributed by atoms with E-state index in [1.807, 2.05) is 0 Å². The predicted octanol–water partition coefficient (Wildman–Crippen LogP) is 1.41. The Balaban J connectivity index is 1.83. The first-order valence-corrected chi connectivity index (χ1v) is 11.5. The van der Waals surface area contributed by atoms with Crippen molar-refractivity contribution in [1.82, 2.24) is 18.8 Å². The summed E-state index contributed by atoms with van der Waals surface area (Å²) in [5.74, 6) is -0.231. The maximum atomic E-state index is 13.4. The second-order valence-corrected chi connectivity index (χ2v) is 9.97. The van der Waals surface area contributed by atoms with Crippen LogP contribution in [-0.2, 0) is 10.0 Å². The van der Waals surface area contributed by atoms with E-state index in [1.165, 1.54) is 6.20 Å². The number of piperidine rings is 1. The molecule has 2 fully saturated rings. The second-order valence-electron chi connectivity index (χ2n) is 7.99. The zero-order valence-corrected chi connectivity index (χ0v) is 17.5. The van der Waals surface area contributed by atoms with Gasteiger partial charge in [0.25, 0.3) is 5.56 Å². The lowest BCUT2D eigenvalue weighted by Crippen LogP contribution is -2.42. The summed E-state index contributed by atoms with van der Waals surface area (Å²) in [5, 5.41) is 13.8. The zero-order valence-electron chi connectivity index (χ0n) is 23.7. The number of nitrogens with one attached hydrogen (secondary N) is 1. The first-order valence-electron chi connectivity index (χ1n) is 13.1. The molecule has 30 heavy (non-hydrogen) atoms. The van der Waals surface area contributed by atoms with Crippen molar-refractivity contribution in [2.45, 2.75) is 63.5 Å². The van der Waals surface area contributed by atoms with Crippen molar-refractivity contribution < 1.29 is 23.1 Å². The molecule has 2 N–H and O–H groups in total. The third kappa shape index (κ3) is 3.95. The van der Waals surface area contributed by atoms with Gasteiger partial charge in [0.1, 0.15) is 5.65 Å². The van der Waals surface area contributed by atoms with Crippen molar-refractivity contribution in [2.24, 2.45) is 0 Å². The largest absolute Gasteiger partial charge is 0.388 e. The molecule has 1 aliphatic heterocycles. The molecule has 9 nitrogen and oxygen atoms in total. The van der Waals surface area contributed by atoms with Crippen LogP contribution in [0.4, 0.5) is 5.95 Å². The number of rotatable bonds is 4. The highest BCUT2D eigenvalue weighted by Crippen LogP contribution is 2.39. The van der Waals surface area contributed by atoms with Crippen LogP contribution in [0.15, 0.2) is 17.1 Å². The lowest BCUT2D eigenvalue weighted by molar-refractivity contribution is 0.0266. The molecule has 2 aromatic rings. The Kier molecular flexibility index (Phi) is 3.56. The standard InChI is InChI=1S/C20H29N5O4S/c1-13-11-14-12-21-19(22-15-6-9-24(10-7-15)30(3,28)29)23-17(14)25(18(13)26)16-5-4-8-20(16,2)27/h11-12,15-16,27H,4-10H2,1-3H3,(H,21,22,23)/i1D3,6D2,7D2. The summed E-state index contributed by atoms with van der Waals surface area (Å²) in [6.45, 7) is -2.35. The first-order chi connectivity index (χ1) is 16.7. The molecule has 1 saturated heterocycles. The van der Waals surface area contributed by atoms with Gasteiger partial charge >= 0.3 is 0 Å². The molecular formula is C20H29N5O4S. The van der Waals surface area contributed by atoms with Crippen molar-refractivity contribution in [3.63, 3.8) is 0 Å². The number of fused-ring (bicyclic) bond motifs is 1. The van der Waals surface area contributed by atoms with E-state index >= 15 is 0 Å². The van der Waals surface area contributed by atoms with Crippen molar-refractivity contribution in [3.05, 3.63) is 28.2 Å². The highest BCUT2D eigenvalue weighted by Gasteiger charge is 2.39. The second kappa shape index (κ2) is 7.58. The normalized spacial score (nSPS) is 33.6. The van der Waals surface area contributed by atoms with Crippen LogP contribution < -0.4 is 10.9 Å². The molecule has 1 aliphatic carbocycles. The average molecular weight is 443 g/mol. The van der Waals surface area contributed by atoms with Crippen LogP contribution in [-0.4, -0.2) is 63.4 Å². The van der Waals surface area contributed by atoms with Gasteiger partial charge < -0.3 is 10.4 Å². The van der Waals surface area contributed by atoms with Gasteiger partial charge in [-0.05, 0) is 51.9 Å². The van der Waals surface area contributed by atoms with Gasteiger partial charge in [0.05, 0.1) is 17.9 Å².